The number of carboxylic acid groups (broad SMARTS) is 1. The highest BCUT2D eigenvalue weighted by Crippen LogP contribution is 2.35. The number of carbonyl (C=O) groups is 2. The summed E-state index contributed by atoms with van der Waals surface area (Å²) < 4.78 is 13.2. The molecule has 1 aliphatic rings. The number of benzene rings is 1. The zero-order valence-corrected chi connectivity index (χ0v) is 18.9. The minimum Gasteiger partial charge on any atom is -0.494 e. The maximum atomic E-state index is 11.4. The number of para-hydroxylation sites is 2. The SMILES string of the molecule is CC(=O)O.CCCO[C@H]1C[C@@H](c2nc(CC(N)=O)nn2-c2ccccc2OC)CC[C@@H]1N. The Morgan fingerprint density at radius 3 is 2.59 bits per heavy atom. The number of ether oxygens (including phenoxy) is 2. The molecule has 0 bridgehead atoms. The Hall–Kier alpha value is -2.98. The number of carbonyl (C=O) groups excluding carboxylic acids is 1. The van der Waals surface area contributed by atoms with Crippen molar-refractivity contribution in [3.8, 4) is 11.4 Å². The molecular weight excluding hydrogens is 414 g/mol. The van der Waals surface area contributed by atoms with E-state index in [1.54, 1.807) is 11.8 Å². The molecule has 10 nitrogen and oxygen atoms in total. The lowest BCUT2D eigenvalue weighted by atomic mass is 9.83. The molecule has 0 aliphatic heterocycles. The van der Waals surface area contributed by atoms with Crippen molar-refractivity contribution in [1.29, 1.82) is 0 Å². The summed E-state index contributed by atoms with van der Waals surface area (Å²) in [4.78, 5) is 25.1. The summed E-state index contributed by atoms with van der Waals surface area (Å²) in [6, 6.07) is 7.64. The van der Waals surface area contributed by atoms with Crippen LogP contribution in [0.5, 0.6) is 5.75 Å². The van der Waals surface area contributed by atoms with E-state index < -0.39 is 11.9 Å². The number of rotatable bonds is 8. The molecule has 0 spiro atoms. The summed E-state index contributed by atoms with van der Waals surface area (Å²) in [6.07, 6.45) is 3.44. The van der Waals surface area contributed by atoms with Crippen molar-refractivity contribution >= 4 is 11.9 Å². The molecule has 1 aromatic heterocycles. The summed E-state index contributed by atoms with van der Waals surface area (Å²) in [7, 11) is 1.62. The molecule has 32 heavy (non-hydrogen) atoms. The first-order chi connectivity index (χ1) is 15.3. The number of methoxy groups -OCH3 is 1. The number of carboxylic acids is 1. The largest absolute Gasteiger partial charge is 0.494 e. The van der Waals surface area contributed by atoms with Crippen molar-refractivity contribution in [3.63, 3.8) is 0 Å². The molecule has 1 aliphatic carbocycles. The second-order valence-corrected chi connectivity index (χ2v) is 7.72. The Morgan fingerprint density at radius 1 is 1.28 bits per heavy atom. The van der Waals surface area contributed by atoms with Crippen LogP contribution in [0.1, 0.15) is 57.1 Å². The zero-order valence-electron chi connectivity index (χ0n) is 18.9. The van der Waals surface area contributed by atoms with Gasteiger partial charge < -0.3 is 26.0 Å². The molecule has 0 radical (unpaired) electrons. The molecule has 1 aromatic carbocycles. The minimum atomic E-state index is -0.833. The first-order valence-corrected chi connectivity index (χ1v) is 10.7. The Labute approximate surface area is 187 Å². The van der Waals surface area contributed by atoms with Gasteiger partial charge >= 0.3 is 0 Å². The van der Waals surface area contributed by atoms with Crippen LogP contribution in [-0.2, 0) is 20.7 Å². The summed E-state index contributed by atoms with van der Waals surface area (Å²) in [6.45, 7) is 3.86. The Bertz CT molecular complexity index is 897. The van der Waals surface area contributed by atoms with Crippen LogP contribution < -0.4 is 16.2 Å². The summed E-state index contributed by atoms with van der Waals surface area (Å²) in [5.41, 5.74) is 12.4. The van der Waals surface area contributed by atoms with Crippen molar-refractivity contribution in [1.82, 2.24) is 14.8 Å². The van der Waals surface area contributed by atoms with Crippen LogP contribution in [0.15, 0.2) is 24.3 Å². The molecule has 3 atom stereocenters. The van der Waals surface area contributed by atoms with Gasteiger partial charge in [0.25, 0.3) is 5.97 Å². The number of primary amides is 1. The molecule has 1 saturated carbocycles. The third kappa shape index (κ3) is 7.03. The van der Waals surface area contributed by atoms with Gasteiger partial charge in [-0.15, -0.1) is 0 Å². The number of hydrogen-bond acceptors (Lipinski definition) is 7. The van der Waals surface area contributed by atoms with E-state index in [1.807, 2.05) is 24.3 Å². The van der Waals surface area contributed by atoms with Crippen LogP contribution in [0.4, 0.5) is 0 Å². The van der Waals surface area contributed by atoms with Crippen molar-refractivity contribution < 1.29 is 24.2 Å². The second-order valence-electron chi connectivity index (χ2n) is 7.72. The minimum absolute atomic E-state index is 0.00283. The topological polar surface area (TPSA) is 156 Å². The van der Waals surface area contributed by atoms with Crippen LogP contribution in [0.2, 0.25) is 0 Å². The van der Waals surface area contributed by atoms with Gasteiger partial charge in [-0.1, -0.05) is 19.1 Å². The smallest absolute Gasteiger partial charge is 0.300 e. The molecular formula is C22H33N5O5. The number of amides is 1. The maximum absolute atomic E-state index is 11.4. The quantitative estimate of drug-likeness (QED) is 0.553. The Morgan fingerprint density at radius 2 is 1.97 bits per heavy atom. The third-order valence-electron chi connectivity index (χ3n) is 5.07. The number of hydrogen-bond donors (Lipinski definition) is 3. The first kappa shape index (κ1) is 25.3. The van der Waals surface area contributed by atoms with E-state index in [-0.39, 0.29) is 24.5 Å². The maximum Gasteiger partial charge on any atom is 0.300 e. The monoisotopic (exact) mass is 447 g/mol. The second kappa shape index (κ2) is 12.2. The molecule has 1 fully saturated rings. The third-order valence-corrected chi connectivity index (χ3v) is 5.07. The molecule has 2 aromatic rings. The van der Waals surface area contributed by atoms with Gasteiger partial charge in [0.05, 0.1) is 19.6 Å². The Balaban J connectivity index is 0.000000837. The Kier molecular flexibility index (Phi) is 9.61. The lowest BCUT2D eigenvalue weighted by Gasteiger charge is -2.33. The van der Waals surface area contributed by atoms with Gasteiger partial charge in [-0.25, -0.2) is 9.67 Å². The van der Waals surface area contributed by atoms with Gasteiger partial charge in [0.15, 0.2) is 5.82 Å². The highest BCUT2D eigenvalue weighted by molar-refractivity contribution is 5.75. The first-order valence-electron chi connectivity index (χ1n) is 10.7. The molecule has 5 N–H and O–H groups in total. The lowest BCUT2D eigenvalue weighted by Crippen LogP contribution is -2.42. The molecule has 3 rings (SSSR count). The van der Waals surface area contributed by atoms with Crippen LogP contribution in [0.25, 0.3) is 5.69 Å². The van der Waals surface area contributed by atoms with Crippen LogP contribution >= 0.6 is 0 Å². The van der Waals surface area contributed by atoms with Crippen LogP contribution in [-0.4, -0.2) is 57.6 Å². The van der Waals surface area contributed by atoms with Crippen molar-refractivity contribution in [2.24, 2.45) is 11.5 Å². The highest BCUT2D eigenvalue weighted by Gasteiger charge is 2.33. The van der Waals surface area contributed by atoms with Gasteiger partial charge in [0.1, 0.15) is 17.3 Å². The molecule has 1 heterocycles. The fourth-order valence-electron chi connectivity index (χ4n) is 3.69. The van der Waals surface area contributed by atoms with Crippen LogP contribution in [0, 0.1) is 0 Å². The van der Waals surface area contributed by atoms with Gasteiger partial charge in [-0.2, -0.15) is 5.10 Å². The number of nitrogens with zero attached hydrogens (tertiary/aromatic N) is 3. The fraction of sp³-hybridized carbons (Fsp3) is 0.545. The van der Waals surface area contributed by atoms with Gasteiger partial charge in [0, 0.05) is 25.5 Å². The summed E-state index contributed by atoms with van der Waals surface area (Å²) >= 11 is 0. The van der Waals surface area contributed by atoms with Crippen molar-refractivity contribution in [3.05, 3.63) is 35.9 Å². The van der Waals surface area contributed by atoms with Crippen molar-refractivity contribution in [2.45, 2.75) is 64.0 Å². The number of aromatic nitrogens is 3. The number of nitrogens with two attached hydrogens (primary N) is 2. The summed E-state index contributed by atoms with van der Waals surface area (Å²) in [5.74, 6) is 0.719. The molecule has 176 valence electrons. The van der Waals surface area contributed by atoms with E-state index in [1.165, 1.54) is 0 Å². The highest BCUT2D eigenvalue weighted by atomic mass is 16.5. The van der Waals surface area contributed by atoms with E-state index in [0.29, 0.717) is 18.2 Å². The van der Waals surface area contributed by atoms with E-state index in [0.717, 1.165) is 44.1 Å². The van der Waals surface area contributed by atoms with E-state index in [2.05, 4.69) is 17.0 Å². The molecule has 1 amide bonds. The standard InChI is InChI=1S/C20H29N5O3.C2H4O2/c1-3-10-28-17-11-13(8-9-14(17)21)20-23-19(12-18(22)26)24-25(20)15-6-4-5-7-16(15)27-2;1-2(3)4/h4-7,13-14,17H,3,8-12,21H2,1-2H3,(H2,22,26);1H3,(H,3,4)/t13-,14-,17-;/m0./s1. The fourth-order valence-corrected chi connectivity index (χ4v) is 3.69. The summed E-state index contributed by atoms with van der Waals surface area (Å²) in [5, 5.41) is 12.0. The molecule has 10 heteroatoms. The lowest BCUT2D eigenvalue weighted by molar-refractivity contribution is -0.134. The normalized spacial score (nSPS) is 20.2. The zero-order chi connectivity index (χ0) is 23.7. The van der Waals surface area contributed by atoms with E-state index >= 15 is 0 Å². The molecule has 0 unspecified atom stereocenters. The van der Waals surface area contributed by atoms with Crippen molar-refractivity contribution in [2.75, 3.05) is 13.7 Å². The van der Waals surface area contributed by atoms with Crippen LogP contribution in [0.3, 0.4) is 0 Å². The van der Waals surface area contributed by atoms with Gasteiger partial charge in [0.2, 0.25) is 5.91 Å². The average molecular weight is 448 g/mol. The number of aliphatic carboxylic acids is 1. The predicted molar refractivity (Wildman–Crippen MR) is 119 cm³/mol. The van der Waals surface area contributed by atoms with Gasteiger partial charge in [-0.3, -0.25) is 9.59 Å². The van der Waals surface area contributed by atoms with E-state index in [4.69, 9.17) is 30.8 Å². The van der Waals surface area contributed by atoms with E-state index in [9.17, 15) is 4.79 Å². The van der Waals surface area contributed by atoms with Gasteiger partial charge in [-0.05, 0) is 37.8 Å². The molecule has 0 saturated heterocycles. The average Bonchev–Trinajstić information content (AvgIpc) is 3.15. The predicted octanol–water partition coefficient (Wildman–Crippen LogP) is 1.78.